The van der Waals surface area contributed by atoms with Crippen molar-refractivity contribution in [1.82, 2.24) is 5.32 Å². The fraction of sp³-hybridized carbons (Fsp3) is 0.467. The third kappa shape index (κ3) is 5.67. The van der Waals surface area contributed by atoms with Crippen LogP contribution in [0.15, 0.2) is 29.2 Å². The smallest absolute Gasteiger partial charge is 0.319 e. The molecule has 0 aromatic heterocycles. The molecular weight excluding hydrogens is 288 g/mol. The number of hydrogen-bond acceptors (Lipinski definition) is 3. The summed E-state index contributed by atoms with van der Waals surface area (Å²) < 4.78 is 0. The Kier molecular flexibility index (Phi) is 6.08. The van der Waals surface area contributed by atoms with Crippen molar-refractivity contribution in [2.24, 2.45) is 5.41 Å². The van der Waals surface area contributed by atoms with Gasteiger partial charge in [-0.3, -0.25) is 4.79 Å². The molecule has 1 aromatic carbocycles. The topological polar surface area (TPSA) is 78.4 Å². The fourth-order valence-corrected chi connectivity index (χ4v) is 2.37. The number of carbonyl (C=O) groups excluding carboxylic acids is 1. The van der Waals surface area contributed by atoms with Crippen molar-refractivity contribution >= 4 is 29.4 Å². The molecule has 21 heavy (non-hydrogen) atoms. The van der Waals surface area contributed by atoms with Crippen molar-refractivity contribution in [3.05, 3.63) is 24.3 Å². The maximum atomic E-state index is 12.1. The SMILES string of the molecule is CSc1ccccc1NC(=O)NC(CC(=O)O)C(C)(C)C. The van der Waals surface area contributed by atoms with E-state index in [1.54, 1.807) is 0 Å². The lowest BCUT2D eigenvalue weighted by Crippen LogP contribution is -2.46. The highest BCUT2D eigenvalue weighted by Gasteiger charge is 2.28. The average molecular weight is 310 g/mol. The second-order valence-electron chi connectivity index (χ2n) is 5.82. The molecule has 1 rings (SSSR count). The summed E-state index contributed by atoms with van der Waals surface area (Å²) in [5.74, 6) is -0.931. The predicted molar refractivity (Wildman–Crippen MR) is 85.9 cm³/mol. The van der Waals surface area contributed by atoms with E-state index in [-0.39, 0.29) is 11.8 Å². The minimum Gasteiger partial charge on any atom is -0.481 e. The van der Waals surface area contributed by atoms with Gasteiger partial charge in [-0.25, -0.2) is 4.79 Å². The lowest BCUT2D eigenvalue weighted by Gasteiger charge is -2.30. The number of thioether (sulfide) groups is 1. The highest BCUT2D eigenvalue weighted by Crippen LogP contribution is 2.25. The van der Waals surface area contributed by atoms with E-state index in [9.17, 15) is 9.59 Å². The van der Waals surface area contributed by atoms with Crippen LogP contribution in [-0.2, 0) is 4.79 Å². The van der Waals surface area contributed by atoms with Crippen LogP contribution in [0.3, 0.4) is 0 Å². The van der Waals surface area contributed by atoms with E-state index in [1.807, 2.05) is 51.3 Å². The molecule has 5 nitrogen and oxygen atoms in total. The summed E-state index contributed by atoms with van der Waals surface area (Å²) in [5, 5.41) is 14.5. The monoisotopic (exact) mass is 310 g/mol. The predicted octanol–water partition coefficient (Wildman–Crippen LogP) is 3.42. The van der Waals surface area contributed by atoms with E-state index < -0.39 is 18.0 Å². The first-order valence-corrected chi connectivity index (χ1v) is 7.89. The molecule has 0 heterocycles. The second kappa shape index (κ2) is 7.36. The molecule has 0 aliphatic rings. The Morgan fingerprint density at radius 1 is 1.29 bits per heavy atom. The highest BCUT2D eigenvalue weighted by molar-refractivity contribution is 7.98. The van der Waals surface area contributed by atoms with Crippen LogP contribution < -0.4 is 10.6 Å². The van der Waals surface area contributed by atoms with Crippen LogP contribution in [0.4, 0.5) is 10.5 Å². The molecular formula is C15H22N2O3S. The molecule has 0 saturated heterocycles. The molecule has 1 unspecified atom stereocenters. The van der Waals surface area contributed by atoms with Gasteiger partial charge in [0.05, 0.1) is 12.1 Å². The minimum absolute atomic E-state index is 0.110. The van der Waals surface area contributed by atoms with Gasteiger partial charge in [-0.05, 0) is 23.8 Å². The average Bonchev–Trinajstić information content (AvgIpc) is 2.37. The molecule has 0 aliphatic heterocycles. The largest absolute Gasteiger partial charge is 0.481 e. The molecule has 0 aliphatic carbocycles. The van der Waals surface area contributed by atoms with Gasteiger partial charge >= 0.3 is 12.0 Å². The van der Waals surface area contributed by atoms with Gasteiger partial charge in [0.1, 0.15) is 0 Å². The zero-order valence-electron chi connectivity index (χ0n) is 12.8. The van der Waals surface area contributed by atoms with E-state index in [0.29, 0.717) is 5.69 Å². The Morgan fingerprint density at radius 2 is 1.90 bits per heavy atom. The number of carboxylic acids is 1. The van der Waals surface area contributed by atoms with Gasteiger partial charge in [0.25, 0.3) is 0 Å². The number of urea groups is 1. The zero-order chi connectivity index (χ0) is 16.0. The van der Waals surface area contributed by atoms with Crippen molar-refractivity contribution < 1.29 is 14.7 Å². The van der Waals surface area contributed by atoms with Gasteiger partial charge < -0.3 is 15.7 Å². The number of carbonyl (C=O) groups is 2. The first kappa shape index (κ1) is 17.4. The highest BCUT2D eigenvalue weighted by atomic mass is 32.2. The van der Waals surface area contributed by atoms with Crippen LogP contribution in [0.25, 0.3) is 0 Å². The fourth-order valence-electron chi connectivity index (χ4n) is 1.81. The van der Waals surface area contributed by atoms with Crippen molar-refractivity contribution in [3.63, 3.8) is 0 Å². The van der Waals surface area contributed by atoms with E-state index in [4.69, 9.17) is 5.11 Å². The van der Waals surface area contributed by atoms with Gasteiger partial charge in [0.2, 0.25) is 0 Å². The Bertz CT molecular complexity index is 512. The standard InChI is InChI=1S/C15H22N2O3S/c1-15(2,3)12(9-13(18)19)17-14(20)16-10-7-5-6-8-11(10)21-4/h5-8,12H,9H2,1-4H3,(H,18,19)(H2,16,17,20). The number of amides is 2. The Labute approximate surface area is 129 Å². The van der Waals surface area contributed by atoms with Crippen LogP contribution >= 0.6 is 11.8 Å². The molecule has 0 saturated carbocycles. The van der Waals surface area contributed by atoms with E-state index in [0.717, 1.165) is 4.90 Å². The molecule has 116 valence electrons. The number of hydrogen-bond donors (Lipinski definition) is 3. The molecule has 0 bridgehead atoms. The third-order valence-electron chi connectivity index (χ3n) is 3.08. The van der Waals surface area contributed by atoms with Crippen LogP contribution in [0, 0.1) is 5.41 Å². The summed E-state index contributed by atoms with van der Waals surface area (Å²) in [6, 6.07) is 6.63. The van der Waals surface area contributed by atoms with Gasteiger partial charge in [0, 0.05) is 10.9 Å². The molecule has 6 heteroatoms. The quantitative estimate of drug-likeness (QED) is 0.728. The summed E-state index contributed by atoms with van der Waals surface area (Å²) >= 11 is 1.54. The Balaban J connectivity index is 2.76. The molecule has 3 N–H and O–H groups in total. The van der Waals surface area contributed by atoms with E-state index in [1.165, 1.54) is 11.8 Å². The summed E-state index contributed by atoms with van der Waals surface area (Å²) in [7, 11) is 0. The van der Waals surface area contributed by atoms with Gasteiger partial charge in [0.15, 0.2) is 0 Å². The molecule has 1 aromatic rings. The first-order chi connectivity index (χ1) is 9.74. The maximum Gasteiger partial charge on any atom is 0.319 e. The number of anilines is 1. The molecule has 1 atom stereocenters. The summed E-state index contributed by atoms with van der Waals surface area (Å²) in [5.41, 5.74) is 0.375. The number of rotatable bonds is 5. The van der Waals surface area contributed by atoms with Gasteiger partial charge in [-0.15, -0.1) is 11.8 Å². The Morgan fingerprint density at radius 3 is 2.43 bits per heavy atom. The third-order valence-corrected chi connectivity index (χ3v) is 3.88. The normalized spacial score (nSPS) is 12.6. The molecule has 0 radical (unpaired) electrons. The molecule has 2 amide bonds. The lowest BCUT2D eigenvalue weighted by molar-refractivity contribution is -0.138. The molecule has 0 fully saturated rings. The van der Waals surface area contributed by atoms with E-state index >= 15 is 0 Å². The van der Waals surface area contributed by atoms with Gasteiger partial charge in [-0.1, -0.05) is 32.9 Å². The van der Waals surface area contributed by atoms with E-state index in [2.05, 4.69) is 10.6 Å². The van der Waals surface area contributed by atoms with Crippen LogP contribution in [-0.4, -0.2) is 29.4 Å². The molecule has 0 spiro atoms. The number of para-hydroxylation sites is 1. The number of carboxylic acid groups (broad SMARTS) is 1. The minimum atomic E-state index is -0.931. The zero-order valence-corrected chi connectivity index (χ0v) is 13.6. The van der Waals surface area contributed by atoms with Crippen LogP contribution in [0.5, 0.6) is 0 Å². The van der Waals surface area contributed by atoms with Crippen LogP contribution in [0.2, 0.25) is 0 Å². The second-order valence-corrected chi connectivity index (χ2v) is 6.66. The van der Waals surface area contributed by atoms with Crippen molar-refractivity contribution in [3.8, 4) is 0 Å². The summed E-state index contributed by atoms with van der Waals surface area (Å²) in [6.45, 7) is 5.70. The summed E-state index contributed by atoms with van der Waals surface area (Å²) in [4.78, 5) is 24.0. The maximum absolute atomic E-state index is 12.1. The van der Waals surface area contributed by atoms with Gasteiger partial charge in [-0.2, -0.15) is 0 Å². The number of nitrogens with one attached hydrogen (secondary N) is 2. The van der Waals surface area contributed by atoms with Crippen molar-refractivity contribution in [2.45, 2.75) is 38.1 Å². The van der Waals surface area contributed by atoms with Crippen molar-refractivity contribution in [2.75, 3.05) is 11.6 Å². The number of aliphatic carboxylic acids is 1. The lowest BCUT2D eigenvalue weighted by atomic mass is 9.85. The Hall–Kier alpha value is -1.69. The first-order valence-electron chi connectivity index (χ1n) is 6.66. The summed E-state index contributed by atoms with van der Waals surface area (Å²) in [6.07, 6.45) is 1.82. The van der Waals surface area contributed by atoms with Crippen molar-refractivity contribution in [1.29, 1.82) is 0 Å². The number of benzene rings is 1. The van der Waals surface area contributed by atoms with Crippen LogP contribution in [0.1, 0.15) is 27.2 Å².